The maximum absolute atomic E-state index is 12.5. The van der Waals surface area contributed by atoms with Gasteiger partial charge < -0.3 is 10.1 Å². The highest BCUT2D eigenvalue weighted by molar-refractivity contribution is 7.89. The quantitative estimate of drug-likeness (QED) is 0.690. The summed E-state index contributed by atoms with van der Waals surface area (Å²) in [5.41, 5.74) is 2.20. The predicted molar refractivity (Wildman–Crippen MR) is 105 cm³/mol. The molecule has 0 aliphatic carbocycles. The molecular weight excluding hydrogens is 348 g/mol. The molecule has 0 spiro atoms. The molecule has 0 saturated carbocycles. The van der Waals surface area contributed by atoms with Gasteiger partial charge in [-0.15, -0.1) is 0 Å². The van der Waals surface area contributed by atoms with Crippen LogP contribution in [0.1, 0.15) is 31.9 Å². The summed E-state index contributed by atoms with van der Waals surface area (Å²) in [7, 11) is -3.39. The van der Waals surface area contributed by atoms with E-state index < -0.39 is 10.0 Å². The topological polar surface area (TPSA) is 58.6 Å². The molecule has 0 fully saturated rings. The highest BCUT2D eigenvalue weighted by atomic mass is 32.2. The minimum Gasteiger partial charge on any atom is -0.494 e. The zero-order valence-electron chi connectivity index (χ0n) is 15.7. The van der Waals surface area contributed by atoms with E-state index in [4.69, 9.17) is 4.74 Å². The van der Waals surface area contributed by atoms with Crippen LogP contribution in [0.2, 0.25) is 0 Å². The number of rotatable bonds is 10. The summed E-state index contributed by atoms with van der Waals surface area (Å²) in [6, 6.07) is 15.1. The van der Waals surface area contributed by atoms with Crippen LogP contribution in [0.5, 0.6) is 5.75 Å². The van der Waals surface area contributed by atoms with Gasteiger partial charge in [0.15, 0.2) is 0 Å². The van der Waals surface area contributed by atoms with Crippen LogP contribution in [-0.2, 0) is 23.1 Å². The van der Waals surface area contributed by atoms with Gasteiger partial charge in [-0.1, -0.05) is 38.1 Å². The van der Waals surface area contributed by atoms with Crippen molar-refractivity contribution in [2.24, 2.45) is 0 Å². The van der Waals surface area contributed by atoms with Crippen molar-refractivity contribution in [3.63, 3.8) is 0 Å². The molecule has 0 unspecified atom stereocenters. The van der Waals surface area contributed by atoms with Crippen molar-refractivity contribution >= 4 is 10.0 Å². The number of nitrogens with one attached hydrogen (secondary N) is 1. The Morgan fingerprint density at radius 1 is 0.923 bits per heavy atom. The molecule has 2 rings (SSSR count). The lowest BCUT2D eigenvalue weighted by Crippen LogP contribution is -2.30. The Labute approximate surface area is 157 Å². The summed E-state index contributed by atoms with van der Waals surface area (Å²) in [6.07, 6.45) is 0. The number of nitrogens with zero attached hydrogens (tertiary/aromatic N) is 1. The smallest absolute Gasteiger partial charge is 0.243 e. The van der Waals surface area contributed by atoms with E-state index in [1.165, 1.54) is 4.31 Å². The molecule has 0 amide bonds. The zero-order chi connectivity index (χ0) is 19.0. The Bertz CT molecular complexity index is 785. The fraction of sp³-hybridized carbons (Fsp3) is 0.400. The predicted octanol–water partition coefficient (Wildman–Crippen LogP) is 3.41. The number of hydrogen-bond acceptors (Lipinski definition) is 4. The molecular formula is C20H28N2O3S. The molecule has 0 aromatic heterocycles. The third-order valence-electron chi connectivity index (χ3n) is 4.13. The Hall–Kier alpha value is -1.89. The maximum atomic E-state index is 12.5. The van der Waals surface area contributed by atoms with Gasteiger partial charge >= 0.3 is 0 Å². The summed E-state index contributed by atoms with van der Waals surface area (Å²) >= 11 is 0. The molecule has 142 valence electrons. The van der Waals surface area contributed by atoms with E-state index in [9.17, 15) is 8.42 Å². The first-order valence-corrected chi connectivity index (χ1v) is 10.5. The second-order valence-electron chi connectivity index (χ2n) is 5.92. The van der Waals surface area contributed by atoms with Crippen LogP contribution >= 0.6 is 0 Å². The summed E-state index contributed by atoms with van der Waals surface area (Å²) in [5.74, 6) is 0.873. The van der Waals surface area contributed by atoms with Crippen LogP contribution in [-0.4, -0.2) is 32.4 Å². The Morgan fingerprint density at radius 3 is 2.19 bits per heavy atom. The van der Waals surface area contributed by atoms with Crippen molar-refractivity contribution in [1.29, 1.82) is 0 Å². The summed E-state index contributed by atoms with van der Waals surface area (Å²) < 4.78 is 31.9. The van der Waals surface area contributed by atoms with E-state index in [1.807, 2.05) is 51.1 Å². The molecule has 1 N–H and O–H groups in total. The second kappa shape index (κ2) is 9.71. The molecule has 26 heavy (non-hydrogen) atoms. The van der Waals surface area contributed by atoms with Gasteiger partial charge in [0.1, 0.15) is 5.75 Å². The number of benzene rings is 2. The van der Waals surface area contributed by atoms with E-state index in [-0.39, 0.29) is 0 Å². The fourth-order valence-electron chi connectivity index (χ4n) is 2.75. The molecule has 0 bridgehead atoms. The maximum Gasteiger partial charge on any atom is 0.243 e. The first-order chi connectivity index (χ1) is 12.5. The van der Waals surface area contributed by atoms with Crippen molar-refractivity contribution < 1.29 is 13.2 Å². The molecule has 2 aromatic rings. The van der Waals surface area contributed by atoms with Gasteiger partial charge in [0, 0.05) is 26.2 Å². The van der Waals surface area contributed by atoms with Gasteiger partial charge in [-0.25, -0.2) is 8.42 Å². The van der Waals surface area contributed by atoms with Crippen LogP contribution in [0, 0.1) is 0 Å². The molecule has 0 aliphatic rings. The lowest BCUT2D eigenvalue weighted by Gasteiger charge is -2.18. The number of hydrogen-bond donors (Lipinski definition) is 1. The van der Waals surface area contributed by atoms with Crippen LogP contribution in [0.25, 0.3) is 0 Å². The molecule has 2 aromatic carbocycles. The van der Waals surface area contributed by atoms with Gasteiger partial charge in [0.05, 0.1) is 11.5 Å². The van der Waals surface area contributed by atoms with Gasteiger partial charge in [-0.05, 0) is 42.3 Å². The molecule has 0 atom stereocenters. The molecule has 0 radical (unpaired) electrons. The first-order valence-electron chi connectivity index (χ1n) is 9.02. The Balaban J connectivity index is 1.94. The van der Waals surface area contributed by atoms with Crippen molar-refractivity contribution in [2.45, 2.75) is 38.8 Å². The van der Waals surface area contributed by atoms with Gasteiger partial charge in [0.25, 0.3) is 0 Å². The minimum atomic E-state index is -3.39. The van der Waals surface area contributed by atoms with E-state index in [0.717, 1.165) is 23.4 Å². The standard InChI is InChI=1S/C20H28N2O3S/c1-4-22(5-2)26(23,24)20-12-10-17(11-13-20)15-21-16-18-8-7-9-19(14-18)25-6-3/h7-14,21H,4-6,15-16H2,1-3H3. The molecule has 0 saturated heterocycles. The third kappa shape index (κ3) is 5.30. The monoisotopic (exact) mass is 376 g/mol. The highest BCUT2D eigenvalue weighted by Gasteiger charge is 2.20. The Morgan fingerprint density at radius 2 is 1.58 bits per heavy atom. The van der Waals surface area contributed by atoms with Crippen LogP contribution in [0.15, 0.2) is 53.4 Å². The lowest BCUT2D eigenvalue weighted by atomic mass is 10.2. The average Bonchev–Trinajstić information content (AvgIpc) is 2.64. The van der Waals surface area contributed by atoms with Crippen molar-refractivity contribution in [1.82, 2.24) is 9.62 Å². The lowest BCUT2D eigenvalue weighted by molar-refractivity contribution is 0.340. The molecule has 6 heteroatoms. The van der Waals surface area contributed by atoms with E-state index in [1.54, 1.807) is 12.1 Å². The average molecular weight is 377 g/mol. The Kier molecular flexibility index (Phi) is 7.63. The largest absolute Gasteiger partial charge is 0.494 e. The van der Waals surface area contributed by atoms with Gasteiger partial charge in [-0.3, -0.25) is 0 Å². The summed E-state index contributed by atoms with van der Waals surface area (Å²) in [5, 5.41) is 3.38. The van der Waals surface area contributed by atoms with E-state index in [2.05, 4.69) is 11.4 Å². The zero-order valence-corrected chi connectivity index (χ0v) is 16.6. The normalized spacial score (nSPS) is 11.7. The third-order valence-corrected chi connectivity index (χ3v) is 6.20. The van der Waals surface area contributed by atoms with Gasteiger partial charge in [0.2, 0.25) is 10.0 Å². The van der Waals surface area contributed by atoms with Gasteiger partial charge in [-0.2, -0.15) is 4.31 Å². The SMILES string of the molecule is CCOc1cccc(CNCc2ccc(S(=O)(=O)N(CC)CC)cc2)c1. The van der Waals surface area contributed by atoms with E-state index in [0.29, 0.717) is 31.1 Å². The first kappa shape index (κ1) is 20.4. The van der Waals surface area contributed by atoms with Crippen molar-refractivity contribution in [2.75, 3.05) is 19.7 Å². The fourth-order valence-corrected chi connectivity index (χ4v) is 4.21. The molecule has 0 heterocycles. The summed E-state index contributed by atoms with van der Waals surface area (Å²) in [4.78, 5) is 0.342. The minimum absolute atomic E-state index is 0.342. The van der Waals surface area contributed by atoms with Crippen LogP contribution < -0.4 is 10.1 Å². The molecule has 5 nitrogen and oxygen atoms in total. The van der Waals surface area contributed by atoms with E-state index >= 15 is 0 Å². The summed E-state index contributed by atoms with van der Waals surface area (Å²) in [6.45, 7) is 8.66. The van der Waals surface area contributed by atoms with Crippen molar-refractivity contribution in [3.05, 3.63) is 59.7 Å². The van der Waals surface area contributed by atoms with Crippen molar-refractivity contribution in [3.8, 4) is 5.75 Å². The van der Waals surface area contributed by atoms with Crippen LogP contribution in [0.4, 0.5) is 0 Å². The molecule has 0 aliphatic heterocycles. The van der Waals surface area contributed by atoms with Crippen LogP contribution in [0.3, 0.4) is 0 Å². The number of ether oxygens (including phenoxy) is 1. The number of sulfonamides is 1. The second-order valence-corrected chi connectivity index (χ2v) is 7.86. The highest BCUT2D eigenvalue weighted by Crippen LogP contribution is 2.17.